The second-order valence-corrected chi connectivity index (χ2v) is 7.05. The van der Waals surface area contributed by atoms with Crippen molar-refractivity contribution in [2.45, 2.75) is 51.4 Å². The van der Waals surface area contributed by atoms with Crippen LogP contribution in [0.15, 0.2) is 33.9 Å². The summed E-state index contributed by atoms with van der Waals surface area (Å²) in [6.45, 7) is 1.66. The third kappa shape index (κ3) is 6.34. The molecule has 0 spiro atoms. The fourth-order valence-corrected chi connectivity index (χ4v) is 3.54. The Labute approximate surface area is 161 Å². The van der Waals surface area contributed by atoms with E-state index in [1.165, 1.54) is 44.9 Å². The van der Waals surface area contributed by atoms with Gasteiger partial charge in [-0.2, -0.15) is 4.98 Å². The maximum Gasteiger partial charge on any atom is 0.276 e. The molecular weight excluding hydrogens is 340 g/mol. The topological polar surface area (TPSA) is 88.2 Å². The van der Waals surface area contributed by atoms with Crippen LogP contribution in [0.25, 0.3) is 11.6 Å². The number of pyridine rings is 1. The van der Waals surface area contributed by atoms with Gasteiger partial charge in [-0.1, -0.05) is 43.3 Å². The second-order valence-electron chi connectivity index (χ2n) is 7.05. The molecule has 27 heavy (non-hydrogen) atoms. The van der Waals surface area contributed by atoms with Crippen LogP contribution in [0.3, 0.4) is 0 Å². The average Bonchev–Trinajstić information content (AvgIpc) is 3.20. The van der Waals surface area contributed by atoms with Gasteiger partial charge in [-0.05, 0) is 30.9 Å². The van der Waals surface area contributed by atoms with Crippen molar-refractivity contribution >= 4 is 5.96 Å². The van der Waals surface area contributed by atoms with E-state index in [-0.39, 0.29) is 0 Å². The minimum absolute atomic E-state index is 0.454. The Morgan fingerprint density at radius 1 is 1.19 bits per heavy atom. The van der Waals surface area contributed by atoms with Crippen molar-refractivity contribution in [1.29, 1.82) is 0 Å². The third-order valence-electron chi connectivity index (χ3n) is 5.02. The quantitative estimate of drug-likeness (QED) is 0.421. The summed E-state index contributed by atoms with van der Waals surface area (Å²) in [5.41, 5.74) is 0.694. The fraction of sp³-hybridized carbons (Fsp3) is 0.600. The van der Waals surface area contributed by atoms with E-state index in [1.54, 1.807) is 13.2 Å². The molecule has 146 valence electrons. The van der Waals surface area contributed by atoms with Gasteiger partial charge in [0.25, 0.3) is 5.89 Å². The molecule has 1 fully saturated rings. The number of guanidine groups is 1. The number of nitrogens with zero attached hydrogens (tertiary/aromatic N) is 4. The summed E-state index contributed by atoms with van der Waals surface area (Å²) in [6.07, 6.45) is 12.0. The molecule has 2 heterocycles. The molecule has 2 aromatic heterocycles. The Morgan fingerprint density at radius 3 is 2.81 bits per heavy atom. The normalized spacial score (nSPS) is 15.7. The van der Waals surface area contributed by atoms with E-state index in [9.17, 15) is 0 Å². The predicted octanol–water partition coefficient (Wildman–Crippen LogP) is 3.20. The van der Waals surface area contributed by atoms with Gasteiger partial charge in [-0.3, -0.25) is 9.98 Å². The summed E-state index contributed by atoms with van der Waals surface area (Å²) in [4.78, 5) is 12.9. The van der Waals surface area contributed by atoms with Gasteiger partial charge in [0.05, 0.1) is 0 Å². The number of aromatic nitrogens is 3. The van der Waals surface area contributed by atoms with Crippen LogP contribution in [0.2, 0.25) is 0 Å². The maximum absolute atomic E-state index is 5.27. The zero-order valence-electron chi connectivity index (χ0n) is 16.2. The van der Waals surface area contributed by atoms with Crippen molar-refractivity contribution in [3.05, 3.63) is 30.2 Å². The summed E-state index contributed by atoms with van der Waals surface area (Å²) in [6, 6.07) is 5.62. The molecule has 3 rings (SSSR count). The molecule has 2 N–H and O–H groups in total. The number of nitrogens with one attached hydrogen (secondary N) is 2. The first-order valence-electron chi connectivity index (χ1n) is 10.0. The minimum Gasteiger partial charge on any atom is -0.356 e. The van der Waals surface area contributed by atoms with Crippen molar-refractivity contribution in [3.8, 4) is 11.6 Å². The zero-order chi connectivity index (χ0) is 18.7. The van der Waals surface area contributed by atoms with Gasteiger partial charge >= 0.3 is 0 Å². The third-order valence-corrected chi connectivity index (χ3v) is 5.02. The maximum atomic E-state index is 5.27. The lowest BCUT2D eigenvalue weighted by Gasteiger charge is -2.21. The van der Waals surface area contributed by atoms with Crippen LogP contribution in [-0.2, 0) is 6.42 Å². The molecule has 7 heteroatoms. The van der Waals surface area contributed by atoms with Crippen molar-refractivity contribution < 1.29 is 4.52 Å². The average molecular weight is 371 g/mol. The molecule has 0 saturated heterocycles. The minimum atomic E-state index is 0.454. The SMILES string of the molecule is CN=C(NCCCC1CCCCC1)NCCc1noc(-c2ccccn2)n1. The summed E-state index contributed by atoms with van der Waals surface area (Å²) in [5, 5.41) is 10.7. The molecule has 0 aliphatic heterocycles. The van der Waals surface area contributed by atoms with E-state index < -0.39 is 0 Å². The van der Waals surface area contributed by atoms with Crippen LogP contribution < -0.4 is 10.6 Å². The number of rotatable bonds is 8. The lowest BCUT2D eigenvalue weighted by molar-refractivity contribution is 0.332. The first-order valence-corrected chi connectivity index (χ1v) is 10.0. The standard InChI is InChI=1S/C20H30N6O/c1-21-20(23-14-7-10-16-8-3-2-4-9-16)24-15-12-18-25-19(27-26-18)17-11-5-6-13-22-17/h5-6,11,13,16H,2-4,7-10,12,14-15H2,1H3,(H2,21,23,24). The van der Waals surface area contributed by atoms with E-state index in [0.717, 1.165) is 18.4 Å². The lowest BCUT2D eigenvalue weighted by atomic mass is 9.86. The van der Waals surface area contributed by atoms with Crippen molar-refractivity contribution in [2.24, 2.45) is 10.9 Å². The first kappa shape index (κ1) is 19.3. The summed E-state index contributed by atoms with van der Waals surface area (Å²) < 4.78 is 5.27. The highest BCUT2D eigenvalue weighted by Crippen LogP contribution is 2.26. The second kappa shape index (κ2) is 10.6. The molecule has 0 bridgehead atoms. The van der Waals surface area contributed by atoms with Crippen LogP contribution in [0, 0.1) is 5.92 Å². The van der Waals surface area contributed by atoms with Crippen molar-refractivity contribution in [3.63, 3.8) is 0 Å². The largest absolute Gasteiger partial charge is 0.356 e. The monoisotopic (exact) mass is 370 g/mol. The van der Waals surface area contributed by atoms with E-state index >= 15 is 0 Å². The van der Waals surface area contributed by atoms with Crippen LogP contribution in [0.5, 0.6) is 0 Å². The van der Waals surface area contributed by atoms with Gasteiger partial charge in [0.2, 0.25) is 0 Å². The van der Waals surface area contributed by atoms with Gasteiger partial charge in [-0.15, -0.1) is 0 Å². The Hall–Kier alpha value is -2.44. The predicted molar refractivity (Wildman–Crippen MR) is 106 cm³/mol. The molecule has 0 amide bonds. The molecule has 0 atom stereocenters. The first-order chi connectivity index (χ1) is 13.3. The molecule has 0 aromatic carbocycles. The van der Waals surface area contributed by atoms with E-state index in [0.29, 0.717) is 30.4 Å². The Morgan fingerprint density at radius 2 is 2.04 bits per heavy atom. The molecule has 1 aliphatic rings. The molecule has 2 aromatic rings. The Balaban J connectivity index is 1.33. The molecule has 0 unspecified atom stereocenters. The lowest BCUT2D eigenvalue weighted by Crippen LogP contribution is -2.38. The van der Waals surface area contributed by atoms with Crippen LogP contribution in [0.4, 0.5) is 0 Å². The summed E-state index contributed by atoms with van der Waals surface area (Å²) in [5.74, 6) is 2.88. The van der Waals surface area contributed by atoms with Crippen LogP contribution in [0.1, 0.15) is 50.8 Å². The number of hydrogen-bond donors (Lipinski definition) is 2. The molecule has 1 aliphatic carbocycles. The Kier molecular flexibility index (Phi) is 7.62. The van der Waals surface area contributed by atoms with Gasteiger partial charge in [0.1, 0.15) is 5.69 Å². The van der Waals surface area contributed by atoms with Gasteiger partial charge < -0.3 is 15.2 Å². The summed E-state index contributed by atoms with van der Waals surface area (Å²) in [7, 11) is 1.80. The fourth-order valence-electron chi connectivity index (χ4n) is 3.54. The molecule has 1 saturated carbocycles. The van der Waals surface area contributed by atoms with Crippen molar-refractivity contribution in [2.75, 3.05) is 20.1 Å². The van der Waals surface area contributed by atoms with Crippen molar-refractivity contribution in [1.82, 2.24) is 25.8 Å². The van der Waals surface area contributed by atoms with E-state index in [1.807, 2.05) is 18.2 Å². The van der Waals surface area contributed by atoms with E-state index in [4.69, 9.17) is 4.52 Å². The molecule has 0 radical (unpaired) electrons. The van der Waals surface area contributed by atoms with Gasteiger partial charge in [0, 0.05) is 32.8 Å². The van der Waals surface area contributed by atoms with E-state index in [2.05, 4.69) is 30.8 Å². The molecule has 7 nitrogen and oxygen atoms in total. The smallest absolute Gasteiger partial charge is 0.276 e. The zero-order valence-corrected chi connectivity index (χ0v) is 16.2. The highest BCUT2D eigenvalue weighted by Gasteiger charge is 2.13. The van der Waals surface area contributed by atoms with Gasteiger partial charge in [0.15, 0.2) is 11.8 Å². The van der Waals surface area contributed by atoms with Crippen LogP contribution in [-0.4, -0.2) is 41.2 Å². The summed E-state index contributed by atoms with van der Waals surface area (Å²) >= 11 is 0. The highest BCUT2D eigenvalue weighted by molar-refractivity contribution is 5.79. The number of hydrogen-bond acceptors (Lipinski definition) is 5. The highest BCUT2D eigenvalue weighted by atomic mass is 16.5. The van der Waals surface area contributed by atoms with Crippen LogP contribution >= 0.6 is 0 Å². The number of aliphatic imine (C=N–C) groups is 1. The van der Waals surface area contributed by atoms with Gasteiger partial charge in [-0.25, -0.2) is 0 Å². The Bertz CT molecular complexity index is 694. The molecular formula is C20H30N6O.